The number of Topliss-reactive ketones (excluding diaryl/α,β-unsaturated/α-hetero) is 1. The van der Waals surface area contributed by atoms with E-state index in [4.69, 9.17) is 4.74 Å². The lowest BCUT2D eigenvalue weighted by Crippen LogP contribution is -2.43. The standard InChI is InChI=1S/C24H23NO5/c26-21(19-10-9-16-5-1-2-6-17(16)13-19)15-30-23(28)11-12-25-22(27)14-18-7-3-4-8-20(18)24(25)29/h3-4,7-10,13H,1-2,5-6,11-12,14-15H2. The predicted molar refractivity (Wildman–Crippen MR) is 109 cm³/mol. The molecule has 4 rings (SSSR count). The maximum Gasteiger partial charge on any atom is 0.308 e. The first-order valence-electron chi connectivity index (χ1n) is 10.3. The van der Waals surface area contributed by atoms with Crippen molar-refractivity contribution in [1.82, 2.24) is 4.90 Å². The molecule has 0 N–H and O–H groups in total. The van der Waals surface area contributed by atoms with Crippen LogP contribution in [-0.4, -0.2) is 41.6 Å². The number of esters is 1. The van der Waals surface area contributed by atoms with Gasteiger partial charge in [-0.05, 0) is 54.5 Å². The largest absolute Gasteiger partial charge is 0.457 e. The fraction of sp³-hybridized carbons (Fsp3) is 0.333. The number of ketones is 1. The zero-order chi connectivity index (χ0) is 21.1. The van der Waals surface area contributed by atoms with Crippen molar-refractivity contribution in [3.63, 3.8) is 0 Å². The molecular formula is C24H23NO5. The number of aryl methyl sites for hydroxylation is 2. The van der Waals surface area contributed by atoms with Gasteiger partial charge in [0.25, 0.3) is 5.91 Å². The molecule has 1 aliphatic heterocycles. The number of benzene rings is 2. The van der Waals surface area contributed by atoms with Gasteiger partial charge in [0.15, 0.2) is 12.4 Å². The zero-order valence-corrected chi connectivity index (χ0v) is 16.7. The fourth-order valence-electron chi connectivity index (χ4n) is 4.04. The first-order valence-corrected chi connectivity index (χ1v) is 10.3. The summed E-state index contributed by atoms with van der Waals surface area (Å²) in [6, 6.07) is 12.6. The minimum Gasteiger partial charge on any atom is -0.457 e. The highest BCUT2D eigenvalue weighted by Crippen LogP contribution is 2.23. The Morgan fingerprint density at radius 1 is 0.933 bits per heavy atom. The number of carbonyl (C=O) groups is 4. The Kier molecular flexibility index (Phi) is 5.74. The van der Waals surface area contributed by atoms with Crippen LogP contribution in [0.15, 0.2) is 42.5 Å². The molecule has 0 radical (unpaired) electrons. The molecule has 2 aromatic carbocycles. The summed E-state index contributed by atoms with van der Waals surface area (Å²) in [5.41, 5.74) is 4.20. The number of fused-ring (bicyclic) bond motifs is 2. The van der Waals surface area contributed by atoms with Crippen molar-refractivity contribution in [1.29, 1.82) is 0 Å². The summed E-state index contributed by atoms with van der Waals surface area (Å²) >= 11 is 0. The second-order valence-corrected chi connectivity index (χ2v) is 7.71. The van der Waals surface area contributed by atoms with E-state index in [1.54, 1.807) is 30.3 Å². The van der Waals surface area contributed by atoms with Gasteiger partial charge in [-0.25, -0.2) is 0 Å². The average Bonchev–Trinajstić information content (AvgIpc) is 2.77. The molecule has 2 aliphatic rings. The van der Waals surface area contributed by atoms with Gasteiger partial charge < -0.3 is 4.74 Å². The monoisotopic (exact) mass is 405 g/mol. The first-order chi connectivity index (χ1) is 14.5. The van der Waals surface area contributed by atoms with Crippen LogP contribution in [0.3, 0.4) is 0 Å². The smallest absolute Gasteiger partial charge is 0.308 e. The molecule has 6 nitrogen and oxygen atoms in total. The molecule has 0 atom stereocenters. The lowest BCUT2D eigenvalue weighted by Gasteiger charge is -2.26. The number of hydrogen-bond acceptors (Lipinski definition) is 5. The van der Waals surface area contributed by atoms with Crippen LogP contribution in [0.5, 0.6) is 0 Å². The SMILES string of the molecule is O=C(CCN1C(=O)Cc2ccccc2C1=O)OCC(=O)c1ccc2c(c1)CCCC2. The second-order valence-electron chi connectivity index (χ2n) is 7.71. The molecule has 0 fully saturated rings. The van der Waals surface area contributed by atoms with Crippen LogP contribution in [0, 0.1) is 0 Å². The summed E-state index contributed by atoms with van der Waals surface area (Å²) in [6.45, 7) is -0.403. The highest BCUT2D eigenvalue weighted by molar-refractivity contribution is 6.09. The summed E-state index contributed by atoms with van der Waals surface area (Å²) in [5.74, 6) is -1.60. The van der Waals surface area contributed by atoms with E-state index >= 15 is 0 Å². The lowest BCUT2D eigenvalue weighted by atomic mass is 9.90. The normalized spacial score (nSPS) is 15.4. The molecule has 2 amide bonds. The predicted octanol–water partition coefficient (Wildman–Crippen LogP) is 2.91. The first kappa shape index (κ1) is 20.0. The number of imide groups is 1. The molecular weight excluding hydrogens is 382 g/mol. The number of carbonyl (C=O) groups excluding carboxylic acids is 4. The average molecular weight is 405 g/mol. The molecule has 1 aliphatic carbocycles. The molecule has 0 unspecified atom stereocenters. The van der Waals surface area contributed by atoms with Crippen LogP contribution in [0.2, 0.25) is 0 Å². The number of rotatable bonds is 6. The van der Waals surface area contributed by atoms with Gasteiger partial charge in [-0.1, -0.05) is 30.3 Å². The van der Waals surface area contributed by atoms with E-state index in [2.05, 4.69) is 0 Å². The third-order valence-electron chi connectivity index (χ3n) is 5.71. The van der Waals surface area contributed by atoms with E-state index in [0.29, 0.717) is 16.7 Å². The van der Waals surface area contributed by atoms with Crippen LogP contribution in [-0.2, 0) is 33.6 Å². The van der Waals surface area contributed by atoms with Crippen molar-refractivity contribution in [3.8, 4) is 0 Å². The highest BCUT2D eigenvalue weighted by atomic mass is 16.5. The molecule has 30 heavy (non-hydrogen) atoms. The van der Waals surface area contributed by atoms with Gasteiger partial charge in [-0.2, -0.15) is 0 Å². The van der Waals surface area contributed by atoms with E-state index in [0.717, 1.165) is 24.2 Å². The minimum absolute atomic E-state index is 0.0577. The second kappa shape index (κ2) is 8.61. The van der Waals surface area contributed by atoms with Crippen molar-refractivity contribution >= 4 is 23.6 Å². The van der Waals surface area contributed by atoms with Crippen molar-refractivity contribution in [2.75, 3.05) is 13.2 Å². The summed E-state index contributed by atoms with van der Waals surface area (Å²) in [5, 5.41) is 0. The zero-order valence-electron chi connectivity index (χ0n) is 16.7. The van der Waals surface area contributed by atoms with Crippen molar-refractivity contribution in [3.05, 3.63) is 70.3 Å². The maximum absolute atomic E-state index is 12.5. The molecule has 0 saturated heterocycles. The molecule has 154 valence electrons. The molecule has 6 heteroatoms. The van der Waals surface area contributed by atoms with E-state index in [-0.39, 0.29) is 37.7 Å². The lowest BCUT2D eigenvalue weighted by molar-refractivity contribution is -0.143. The Hall–Kier alpha value is -3.28. The van der Waals surface area contributed by atoms with Crippen molar-refractivity contribution < 1.29 is 23.9 Å². The van der Waals surface area contributed by atoms with Crippen LogP contribution in [0.4, 0.5) is 0 Å². The Morgan fingerprint density at radius 2 is 1.70 bits per heavy atom. The summed E-state index contributed by atoms with van der Waals surface area (Å²) in [6.07, 6.45) is 4.29. The number of ether oxygens (including phenoxy) is 1. The Bertz CT molecular complexity index is 1030. The third-order valence-corrected chi connectivity index (χ3v) is 5.71. The summed E-state index contributed by atoms with van der Waals surface area (Å²) in [4.78, 5) is 50.3. The summed E-state index contributed by atoms with van der Waals surface area (Å²) < 4.78 is 5.10. The molecule has 0 spiro atoms. The molecule has 2 aromatic rings. The number of amides is 2. The van der Waals surface area contributed by atoms with Gasteiger partial charge in [-0.15, -0.1) is 0 Å². The van der Waals surface area contributed by atoms with Crippen molar-refractivity contribution in [2.45, 2.75) is 38.5 Å². The summed E-state index contributed by atoms with van der Waals surface area (Å²) in [7, 11) is 0. The van der Waals surface area contributed by atoms with Crippen LogP contribution < -0.4 is 0 Å². The Balaban J connectivity index is 1.30. The topological polar surface area (TPSA) is 80.8 Å². The third kappa shape index (κ3) is 4.17. The van der Waals surface area contributed by atoms with Gasteiger partial charge in [0.1, 0.15) is 0 Å². The van der Waals surface area contributed by atoms with Gasteiger partial charge in [0.2, 0.25) is 5.91 Å². The fourth-order valence-corrected chi connectivity index (χ4v) is 4.04. The number of hydrogen-bond donors (Lipinski definition) is 0. The van der Waals surface area contributed by atoms with E-state index in [9.17, 15) is 19.2 Å². The van der Waals surface area contributed by atoms with Gasteiger partial charge in [0, 0.05) is 17.7 Å². The van der Waals surface area contributed by atoms with Crippen LogP contribution in [0.25, 0.3) is 0 Å². The highest BCUT2D eigenvalue weighted by Gasteiger charge is 2.30. The molecule has 1 heterocycles. The molecule has 0 saturated carbocycles. The Labute approximate surface area is 174 Å². The van der Waals surface area contributed by atoms with Crippen LogP contribution in [0.1, 0.15) is 56.7 Å². The van der Waals surface area contributed by atoms with E-state index in [1.165, 1.54) is 17.5 Å². The minimum atomic E-state index is -0.610. The van der Waals surface area contributed by atoms with E-state index < -0.39 is 11.9 Å². The van der Waals surface area contributed by atoms with Gasteiger partial charge >= 0.3 is 5.97 Å². The number of nitrogens with zero attached hydrogens (tertiary/aromatic N) is 1. The molecule has 0 aromatic heterocycles. The molecule has 0 bridgehead atoms. The Morgan fingerprint density at radius 3 is 2.53 bits per heavy atom. The van der Waals surface area contributed by atoms with Crippen molar-refractivity contribution in [2.24, 2.45) is 0 Å². The van der Waals surface area contributed by atoms with Gasteiger partial charge in [-0.3, -0.25) is 24.1 Å². The van der Waals surface area contributed by atoms with Crippen LogP contribution >= 0.6 is 0 Å². The maximum atomic E-state index is 12.5. The van der Waals surface area contributed by atoms with Gasteiger partial charge in [0.05, 0.1) is 12.8 Å². The van der Waals surface area contributed by atoms with E-state index in [1.807, 2.05) is 12.1 Å². The quantitative estimate of drug-likeness (QED) is 0.419.